The Morgan fingerprint density at radius 1 is 1.00 bits per heavy atom. The van der Waals surface area contributed by atoms with Crippen LogP contribution in [0.4, 0.5) is 4.79 Å². The smallest absolute Gasteiger partial charge is 0.317 e. The van der Waals surface area contributed by atoms with Crippen molar-refractivity contribution in [2.45, 2.75) is 19.8 Å². The summed E-state index contributed by atoms with van der Waals surface area (Å²) in [6.07, 6.45) is 0.410. The second kappa shape index (κ2) is 8.82. The van der Waals surface area contributed by atoms with Crippen LogP contribution >= 0.6 is 15.9 Å². The number of urea groups is 1. The lowest BCUT2D eigenvalue weighted by Crippen LogP contribution is -2.53. The molecule has 0 radical (unpaired) electrons. The number of carbonyl (C=O) groups excluding carboxylic acids is 3. The van der Waals surface area contributed by atoms with E-state index in [9.17, 15) is 14.4 Å². The molecule has 1 aromatic carbocycles. The fourth-order valence-corrected chi connectivity index (χ4v) is 2.84. The van der Waals surface area contributed by atoms with E-state index >= 15 is 0 Å². The van der Waals surface area contributed by atoms with Crippen LogP contribution in [-0.2, 0) is 4.79 Å². The highest BCUT2D eigenvalue weighted by molar-refractivity contribution is 9.10. The van der Waals surface area contributed by atoms with Crippen molar-refractivity contribution in [3.8, 4) is 0 Å². The standard InChI is InChI=1S/C17H22BrN3O3/c1-2-19-17(24)21-11-9-20(10-12-21)16(23)8-7-15(22)13-3-5-14(18)6-4-13/h3-6H,2,7-12H2,1H3,(H,19,24). The SMILES string of the molecule is CCNC(=O)N1CCN(C(=O)CCC(=O)c2ccc(Br)cc2)CC1. The fourth-order valence-electron chi connectivity index (χ4n) is 2.58. The van der Waals surface area contributed by atoms with E-state index in [4.69, 9.17) is 0 Å². The van der Waals surface area contributed by atoms with Gasteiger partial charge in [0.05, 0.1) is 0 Å². The van der Waals surface area contributed by atoms with E-state index in [2.05, 4.69) is 21.2 Å². The van der Waals surface area contributed by atoms with Crippen LogP contribution in [0.5, 0.6) is 0 Å². The van der Waals surface area contributed by atoms with Gasteiger partial charge in [-0.15, -0.1) is 0 Å². The predicted octanol–water partition coefficient (Wildman–Crippen LogP) is 2.29. The third-order valence-electron chi connectivity index (χ3n) is 3.98. The first kappa shape index (κ1) is 18.4. The minimum Gasteiger partial charge on any atom is -0.339 e. The summed E-state index contributed by atoms with van der Waals surface area (Å²) in [5.41, 5.74) is 0.618. The first-order valence-corrected chi connectivity index (χ1v) is 8.90. The second-order valence-electron chi connectivity index (χ2n) is 5.63. The van der Waals surface area contributed by atoms with Crippen molar-refractivity contribution in [1.29, 1.82) is 0 Å². The summed E-state index contributed by atoms with van der Waals surface area (Å²) in [6.45, 7) is 4.55. The maximum Gasteiger partial charge on any atom is 0.317 e. The van der Waals surface area contributed by atoms with E-state index in [0.717, 1.165) is 4.47 Å². The monoisotopic (exact) mass is 395 g/mol. The van der Waals surface area contributed by atoms with E-state index < -0.39 is 0 Å². The minimum absolute atomic E-state index is 0.0307. The van der Waals surface area contributed by atoms with E-state index in [1.165, 1.54) is 0 Å². The second-order valence-corrected chi connectivity index (χ2v) is 6.55. The molecule has 1 N–H and O–H groups in total. The lowest BCUT2D eigenvalue weighted by molar-refractivity contribution is -0.132. The fraction of sp³-hybridized carbons (Fsp3) is 0.471. The molecule has 130 valence electrons. The van der Waals surface area contributed by atoms with Crippen LogP contribution in [-0.4, -0.2) is 60.2 Å². The molecular formula is C17H22BrN3O3. The molecule has 24 heavy (non-hydrogen) atoms. The Morgan fingerprint density at radius 2 is 1.58 bits per heavy atom. The zero-order valence-corrected chi connectivity index (χ0v) is 15.3. The molecule has 3 amide bonds. The number of halogens is 1. The molecular weight excluding hydrogens is 374 g/mol. The number of nitrogens with zero attached hydrogens (tertiary/aromatic N) is 2. The predicted molar refractivity (Wildman–Crippen MR) is 94.9 cm³/mol. The van der Waals surface area contributed by atoms with Crippen LogP contribution < -0.4 is 5.32 Å². The molecule has 0 atom stereocenters. The van der Waals surface area contributed by atoms with Crippen LogP contribution in [0.3, 0.4) is 0 Å². The van der Waals surface area contributed by atoms with Crippen molar-refractivity contribution in [3.63, 3.8) is 0 Å². The number of hydrogen-bond donors (Lipinski definition) is 1. The number of nitrogens with one attached hydrogen (secondary N) is 1. The van der Waals surface area contributed by atoms with Gasteiger partial charge in [0.15, 0.2) is 5.78 Å². The molecule has 1 aliphatic heterocycles. The van der Waals surface area contributed by atoms with Gasteiger partial charge in [0.1, 0.15) is 0 Å². The first-order chi connectivity index (χ1) is 11.5. The van der Waals surface area contributed by atoms with Crippen molar-refractivity contribution in [2.75, 3.05) is 32.7 Å². The normalized spacial score (nSPS) is 14.4. The molecule has 7 heteroatoms. The first-order valence-electron chi connectivity index (χ1n) is 8.10. The molecule has 0 saturated carbocycles. The topological polar surface area (TPSA) is 69.7 Å². The summed E-state index contributed by atoms with van der Waals surface area (Å²) in [7, 11) is 0. The summed E-state index contributed by atoms with van der Waals surface area (Å²) < 4.78 is 0.917. The summed E-state index contributed by atoms with van der Waals surface area (Å²) in [6, 6.07) is 7.05. The number of hydrogen-bond acceptors (Lipinski definition) is 3. The van der Waals surface area contributed by atoms with Crippen molar-refractivity contribution >= 4 is 33.7 Å². The van der Waals surface area contributed by atoms with Crippen LogP contribution in [0.15, 0.2) is 28.7 Å². The van der Waals surface area contributed by atoms with Gasteiger partial charge in [0, 0.05) is 55.6 Å². The van der Waals surface area contributed by atoms with E-state index in [-0.39, 0.29) is 30.6 Å². The summed E-state index contributed by atoms with van der Waals surface area (Å²) in [5, 5.41) is 2.76. The molecule has 0 unspecified atom stereocenters. The zero-order valence-electron chi connectivity index (χ0n) is 13.8. The van der Waals surface area contributed by atoms with Crippen LogP contribution in [0.1, 0.15) is 30.1 Å². The number of carbonyl (C=O) groups is 3. The Labute approximate surface area is 150 Å². The van der Waals surface area contributed by atoms with Gasteiger partial charge in [-0.2, -0.15) is 0 Å². The largest absolute Gasteiger partial charge is 0.339 e. The minimum atomic E-state index is -0.0879. The molecule has 6 nitrogen and oxygen atoms in total. The maximum absolute atomic E-state index is 12.2. The zero-order chi connectivity index (χ0) is 17.5. The number of Topliss-reactive ketones (excluding diaryl/α,β-unsaturated/α-hetero) is 1. The molecule has 0 bridgehead atoms. The van der Waals surface area contributed by atoms with Gasteiger partial charge >= 0.3 is 6.03 Å². The lowest BCUT2D eigenvalue weighted by Gasteiger charge is -2.34. The molecule has 1 aromatic rings. The molecule has 1 heterocycles. The summed E-state index contributed by atoms with van der Waals surface area (Å²) in [4.78, 5) is 39.5. The maximum atomic E-state index is 12.2. The Kier molecular flexibility index (Phi) is 6.78. The molecule has 1 saturated heterocycles. The van der Waals surface area contributed by atoms with Gasteiger partial charge in [-0.25, -0.2) is 4.79 Å². The summed E-state index contributed by atoms with van der Waals surface area (Å²) >= 11 is 3.33. The Balaban J connectivity index is 1.76. The van der Waals surface area contributed by atoms with Gasteiger partial charge in [-0.1, -0.05) is 28.1 Å². The number of ketones is 1. The summed E-state index contributed by atoms with van der Waals surface area (Å²) in [5.74, 6) is -0.0622. The number of amides is 3. The Hall–Kier alpha value is -1.89. The lowest BCUT2D eigenvalue weighted by atomic mass is 10.1. The van der Waals surface area contributed by atoms with Crippen LogP contribution in [0, 0.1) is 0 Å². The van der Waals surface area contributed by atoms with Crippen molar-refractivity contribution in [3.05, 3.63) is 34.3 Å². The highest BCUT2D eigenvalue weighted by atomic mass is 79.9. The van der Waals surface area contributed by atoms with Crippen LogP contribution in [0.2, 0.25) is 0 Å². The number of piperazine rings is 1. The number of rotatable bonds is 5. The molecule has 1 aliphatic rings. The van der Waals surface area contributed by atoms with E-state index in [0.29, 0.717) is 38.3 Å². The molecule has 1 fully saturated rings. The Morgan fingerprint density at radius 3 is 2.17 bits per heavy atom. The third kappa shape index (κ3) is 5.06. The van der Waals surface area contributed by atoms with Gasteiger partial charge in [-0.05, 0) is 19.1 Å². The molecule has 2 rings (SSSR count). The van der Waals surface area contributed by atoms with E-state index in [1.807, 2.05) is 19.1 Å². The van der Waals surface area contributed by atoms with Crippen LogP contribution in [0.25, 0.3) is 0 Å². The van der Waals surface area contributed by atoms with Crippen molar-refractivity contribution < 1.29 is 14.4 Å². The van der Waals surface area contributed by atoms with Crippen molar-refractivity contribution in [2.24, 2.45) is 0 Å². The molecule has 0 aliphatic carbocycles. The highest BCUT2D eigenvalue weighted by Gasteiger charge is 2.24. The average Bonchev–Trinajstić information content (AvgIpc) is 2.60. The van der Waals surface area contributed by atoms with Gasteiger partial charge in [0.2, 0.25) is 5.91 Å². The van der Waals surface area contributed by atoms with Gasteiger partial charge in [-0.3, -0.25) is 9.59 Å². The molecule has 0 spiro atoms. The van der Waals surface area contributed by atoms with Gasteiger partial charge < -0.3 is 15.1 Å². The third-order valence-corrected chi connectivity index (χ3v) is 4.51. The average molecular weight is 396 g/mol. The van der Waals surface area contributed by atoms with E-state index in [1.54, 1.807) is 21.9 Å². The number of benzene rings is 1. The quantitative estimate of drug-likeness (QED) is 0.777. The highest BCUT2D eigenvalue weighted by Crippen LogP contribution is 2.13. The van der Waals surface area contributed by atoms with Crippen molar-refractivity contribution in [1.82, 2.24) is 15.1 Å². The Bertz CT molecular complexity index is 596. The molecule has 0 aromatic heterocycles. The van der Waals surface area contributed by atoms with Gasteiger partial charge in [0.25, 0.3) is 0 Å².